The maximum absolute atomic E-state index is 12.0. The van der Waals surface area contributed by atoms with Crippen LogP contribution in [0, 0.1) is 17.0 Å². The SMILES string of the molecule is C/C(=N/N1C(=Nc2cccnc2)SC[C@@]1(O)c1ccc2c(c1)NC(=O)CO2)c1ccc(C)c([N+](=O)[O-])c1. The van der Waals surface area contributed by atoms with Crippen LogP contribution in [0.3, 0.4) is 0 Å². The maximum Gasteiger partial charge on any atom is 0.272 e. The lowest BCUT2D eigenvalue weighted by Crippen LogP contribution is -2.42. The number of benzene rings is 2. The van der Waals surface area contributed by atoms with E-state index >= 15 is 0 Å². The van der Waals surface area contributed by atoms with Crippen LogP contribution in [0.25, 0.3) is 0 Å². The van der Waals surface area contributed by atoms with Gasteiger partial charge in [-0.1, -0.05) is 30.0 Å². The Hall–Kier alpha value is -4.29. The van der Waals surface area contributed by atoms with Gasteiger partial charge >= 0.3 is 0 Å². The second-order valence-corrected chi connectivity index (χ2v) is 9.46. The van der Waals surface area contributed by atoms with E-state index in [1.165, 1.54) is 22.8 Å². The summed E-state index contributed by atoms with van der Waals surface area (Å²) in [6, 6.07) is 13.4. The van der Waals surface area contributed by atoms with Crippen LogP contribution in [-0.2, 0) is 10.5 Å². The van der Waals surface area contributed by atoms with Crippen LogP contribution in [0.5, 0.6) is 5.75 Å². The van der Waals surface area contributed by atoms with Gasteiger partial charge in [0.15, 0.2) is 17.5 Å². The number of nitrogens with zero attached hydrogens (tertiary/aromatic N) is 5. The lowest BCUT2D eigenvalue weighted by molar-refractivity contribution is -0.385. The van der Waals surface area contributed by atoms with Gasteiger partial charge < -0.3 is 15.2 Å². The highest BCUT2D eigenvalue weighted by Gasteiger charge is 2.46. The Labute approximate surface area is 216 Å². The highest BCUT2D eigenvalue weighted by Crippen LogP contribution is 2.43. The van der Waals surface area contributed by atoms with Crippen molar-refractivity contribution in [3.63, 3.8) is 0 Å². The van der Waals surface area contributed by atoms with E-state index in [0.29, 0.717) is 44.7 Å². The van der Waals surface area contributed by atoms with Gasteiger partial charge in [0.2, 0.25) is 0 Å². The number of nitrogens with one attached hydrogen (secondary N) is 1. The van der Waals surface area contributed by atoms with E-state index in [0.717, 1.165) is 0 Å². The van der Waals surface area contributed by atoms with E-state index in [1.54, 1.807) is 68.7 Å². The number of ether oxygens (including phenoxy) is 1. The highest BCUT2D eigenvalue weighted by atomic mass is 32.2. The molecule has 3 heterocycles. The fraction of sp³-hybridized carbons (Fsp3) is 0.200. The van der Waals surface area contributed by atoms with Crippen LogP contribution < -0.4 is 10.1 Å². The van der Waals surface area contributed by atoms with E-state index in [1.807, 2.05) is 0 Å². The smallest absolute Gasteiger partial charge is 0.272 e. The third kappa shape index (κ3) is 4.76. The Morgan fingerprint density at radius 2 is 2.14 bits per heavy atom. The van der Waals surface area contributed by atoms with E-state index < -0.39 is 10.6 Å². The first-order valence-corrected chi connectivity index (χ1v) is 12.2. The third-order valence-corrected chi connectivity index (χ3v) is 7.02. The summed E-state index contributed by atoms with van der Waals surface area (Å²) in [4.78, 5) is 31.6. The molecule has 0 bridgehead atoms. The summed E-state index contributed by atoms with van der Waals surface area (Å²) in [5.41, 5.74) is 1.33. The lowest BCUT2D eigenvalue weighted by Gasteiger charge is -2.32. The van der Waals surface area contributed by atoms with Gasteiger partial charge in [-0.2, -0.15) is 5.10 Å². The quantitative estimate of drug-likeness (QED) is 0.294. The summed E-state index contributed by atoms with van der Waals surface area (Å²) in [5.74, 6) is 0.396. The van der Waals surface area contributed by atoms with Crippen molar-refractivity contribution in [1.29, 1.82) is 0 Å². The fourth-order valence-corrected chi connectivity index (χ4v) is 5.06. The molecule has 11 nitrogen and oxygen atoms in total. The molecular weight excluding hydrogens is 496 g/mol. The Morgan fingerprint density at radius 1 is 1.30 bits per heavy atom. The number of aryl methyl sites for hydroxylation is 1. The summed E-state index contributed by atoms with van der Waals surface area (Å²) < 4.78 is 5.45. The number of amides is 1. The summed E-state index contributed by atoms with van der Waals surface area (Å²) in [6.07, 6.45) is 3.23. The molecule has 188 valence electrons. The number of aliphatic hydroxyl groups is 1. The van der Waals surface area contributed by atoms with Crippen molar-refractivity contribution >= 4 is 45.6 Å². The zero-order chi connectivity index (χ0) is 26.2. The molecule has 0 unspecified atom stereocenters. The first-order chi connectivity index (χ1) is 17.7. The van der Waals surface area contributed by atoms with Crippen molar-refractivity contribution in [2.45, 2.75) is 19.6 Å². The number of carbonyl (C=O) groups is 1. The van der Waals surface area contributed by atoms with Gasteiger partial charge in [-0.05, 0) is 38.1 Å². The number of carbonyl (C=O) groups excluding carboxylic acids is 1. The molecule has 0 spiro atoms. The number of fused-ring (bicyclic) bond motifs is 1. The topological polar surface area (TPSA) is 143 Å². The molecule has 3 aromatic rings. The average Bonchev–Trinajstić information content (AvgIpc) is 3.20. The molecule has 1 fully saturated rings. The number of amidine groups is 1. The van der Waals surface area contributed by atoms with Gasteiger partial charge in [0.1, 0.15) is 5.75 Å². The number of hydrogen-bond acceptors (Lipinski definition) is 9. The van der Waals surface area contributed by atoms with E-state index in [-0.39, 0.29) is 24.0 Å². The van der Waals surface area contributed by atoms with Crippen LogP contribution in [0.4, 0.5) is 17.1 Å². The van der Waals surface area contributed by atoms with Gasteiger partial charge in [0.25, 0.3) is 11.6 Å². The summed E-state index contributed by atoms with van der Waals surface area (Å²) in [7, 11) is 0. The Morgan fingerprint density at radius 3 is 2.89 bits per heavy atom. The number of nitro benzene ring substituents is 1. The van der Waals surface area contributed by atoms with Crippen molar-refractivity contribution in [2.24, 2.45) is 10.1 Å². The second kappa shape index (κ2) is 9.64. The number of nitro groups is 1. The zero-order valence-corrected chi connectivity index (χ0v) is 20.7. The predicted molar refractivity (Wildman–Crippen MR) is 140 cm³/mol. The van der Waals surface area contributed by atoms with Crippen molar-refractivity contribution in [3.8, 4) is 5.75 Å². The first-order valence-electron chi connectivity index (χ1n) is 11.3. The van der Waals surface area contributed by atoms with Gasteiger partial charge in [-0.3, -0.25) is 19.9 Å². The number of aromatic nitrogens is 1. The van der Waals surface area contributed by atoms with E-state index in [4.69, 9.17) is 9.84 Å². The van der Waals surface area contributed by atoms with Gasteiger partial charge in [-0.15, -0.1) is 0 Å². The van der Waals surface area contributed by atoms with Crippen LogP contribution in [0.1, 0.15) is 23.6 Å². The number of thioether (sulfide) groups is 1. The molecule has 0 saturated carbocycles. The molecule has 12 heteroatoms. The third-order valence-electron chi connectivity index (χ3n) is 5.95. The molecule has 1 amide bonds. The van der Waals surface area contributed by atoms with Gasteiger partial charge in [-0.25, -0.2) is 10.0 Å². The molecule has 5 rings (SSSR count). The number of rotatable bonds is 5. The van der Waals surface area contributed by atoms with E-state index in [9.17, 15) is 20.0 Å². The van der Waals surface area contributed by atoms with Crippen LogP contribution in [-0.4, -0.2) is 49.2 Å². The van der Waals surface area contributed by atoms with Crippen LogP contribution in [0.15, 0.2) is 71.0 Å². The molecule has 0 radical (unpaired) electrons. The average molecular weight is 519 g/mol. The van der Waals surface area contributed by atoms with Gasteiger partial charge in [0, 0.05) is 29.0 Å². The van der Waals surface area contributed by atoms with Crippen LogP contribution in [0.2, 0.25) is 0 Å². The molecule has 2 aromatic carbocycles. The van der Waals surface area contributed by atoms with Crippen molar-refractivity contribution in [2.75, 3.05) is 17.7 Å². The fourth-order valence-electron chi connectivity index (χ4n) is 3.96. The van der Waals surface area contributed by atoms with Gasteiger partial charge in [0.05, 0.1) is 34.0 Å². The van der Waals surface area contributed by atoms with Crippen molar-refractivity contribution < 1.29 is 19.6 Å². The normalized spacial score (nSPS) is 20.4. The minimum absolute atomic E-state index is 0.0206. The minimum atomic E-state index is -1.64. The lowest BCUT2D eigenvalue weighted by atomic mass is 10.0. The maximum atomic E-state index is 12.0. The van der Waals surface area contributed by atoms with Crippen molar-refractivity contribution in [3.05, 3.63) is 87.7 Å². The number of aliphatic imine (C=N–C) groups is 1. The largest absolute Gasteiger partial charge is 0.482 e. The minimum Gasteiger partial charge on any atom is -0.482 e. The Bertz CT molecular complexity index is 1460. The standard InChI is InChI=1S/C25H22N6O5S/c1-15-5-6-17(10-21(15)31(34)35)16(2)29-30-24(27-19-4-3-9-26-12-19)37-14-25(30,33)18-7-8-22-20(11-18)28-23(32)13-36-22/h3-12,33H,13-14H2,1-2H3,(H,28,32)/b27-24?,29-16-/t25-/m1/s1. The van der Waals surface area contributed by atoms with Crippen molar-refractivity contribution in [1.82, 2.24) is 9.99 Å². The molecule has 2 aliphatic heterocycles. The molecule has 37 heavy (non-hydrogen) atoms. The molecule has 1 aromatic heterocycles. The molecular formula is C25H22N6O5S. The Kier molecular flexibility index (Phi) is 6.36. The highest BCUT2D eigenvalue weighted by molar-refractivity contribution is 8.14. The molecule has 2 aliphatic rings. The van der Waals surface area contributed by atoms with E-state index in [2.05, 4.69) is 15.3 Å². The molecule has 1 atom stereocenters. The number of hydrogen-bond donors (Lipinski definition) is 2. The number of pyridine rings is 1. The monoisotopic (exact) mass is 518 g/mol. The second-order valence-electron chi connectivity index (χ2n) is 8.51. The Balaban J connectivity index is 1.60. The molecule has 2 N–H and O–H groups in total. The summed E-state index contributed by atoms with van der Waals surface area (Å²) in [5, 5.41) is 32.7. The number of anilines is 1. The first kappa shape index (κ1) is 24.4. The van der Waals surface area contributed by atoms with Crippen LogP contribution >= 0.6 is 11.8 Å². The summed E-state index contributed by atoms with van der Waals surface area (Å²) >= 11 is 1.30. The molecule has 1 saturated heterocycles. The number of hydrazone groups is 1. The summed E-state index contributed by atoms with van der Waals surface area (Å²) in [6.45, 7) is 3.30. The molecule has 0 aliphatic carbocycles. The predicted octanol–water partition coefficient (Wildman–Crippen LogP) is 3.93. The zero-order valence-electron chi connectivity index (χ0n) is 19.9.